The second-order valence-corrected chi connectivity index (χ2v) is 8.89. The van der Waals surface area contributed by atoms with Crippen molar-refractivity contribution in [1.82, 2.24) is 4.98 Å². The van der Waals surface area contributed by atoms with E-state index in [1.165, 1.54) is 67.8 Å². The normalized spacial score (nSPS) is 24.4. The zero-order chi connectivity index (χ0) is 17.9. The van der Waals surface area contributed by atoms with Gasteiger partial charge in [-0.1, -0.05) is 45.6 Å². The largest absolute Gasteiger partial charge is 0.490 e. The molecular formula is C24H33NO. The van der Waals surface area contributed by atoms with Crippen LogP contribution in [-0.4, -0.2) is 11.1 Å². The van der Waals surface area contributed by atoms with Gasteiger partial charge in [-0.2, -0.15) is 0 Å². The van der Waals surface area contributed by atoms with E-state index in [1.54, 1.807) is 0 Å². The van der Waals surface area contributed by atoms with Crippen LogP contribution in [0.1, 0.15) is 70.9 Å². The third-order valence-electron chi connectivity index (χ3n) is 6.74. The number of benzene rings is 1. The molecule has 2 nitrogen and oxygen atoms in total. The number of pyridine rings is 1. The van der Waals surface area contributed by atoms with Crippen LogP contribution in [0.25, 0.3) is 10.8 Å². The molecule has 2 aromatic rings. The Hall–Kier alpha value is -1.57. The molecule has 1 heterocycles. The van der Waals surface area contributed by atoms with E-state index in [2.05, 4.69) is 38.1 Å². The Morgan fingerprint density at radius 3 is 2.50 bits per heavy atom. The molecule has 0 radical (unpaired) electrons. The molecule has 2 fully saturated rings. The fraction of sp³-hybridized carbons (Fsp3) is 0.625. The van der Waals surface area contributed by atoms with Crippen molar-refractivity contribution in [3.63, 3.8) is 0 Å². The molecule has 2 aliphatic carbocycles. The Balaban J connectivity index is 1.48. The van der Waals surface area contributed by atoms with E-state index in [0.717, 1.165) is 29.9 Å². The lowest BCUT2D eigenvalue weighted by atomic mass is 9.80. The van der Waals surface area contributed by atoms with Crippen molar-refractivity contribution in [2.75, 3.05) is 0 Å². The third kappa shape index (κ3) is 4.05. The van der Waals surface area contributed by atoms with Gasteiger partial charge in [-0.05, 0) is 73.4 Å². The SMILES string of the molecule is CC(C)C1CCC(Oc2ccc3ccnc(CC4CCCC4)c3c2)CC1. The van der Waals surface area contributed by atoms with Crippen molar-refractivity contribution in [1.29, 1.82) is 0 Å². The number of rotatable bonds is 5. The van der Waals surface area contributed by atoms with Gasteiger partial charge in [0.15, 0.2) is 0 Å². The number of fused-ring (bicyclic) bond motifs is 1. The van der Waals surface area contributed by atoms with E-state index in [-0.39, 0.29) is 0 Å². The van der Waals surface area contributed by atoms with Gasteiger partial charge in [0.25, 0.3) is 0 Å². The summed E-state index contributed by atoms with van der Waals surface area (Å²) in [7, 11) is 0. The average molecular weight is 352 g/mol. The van der Waals surface area contributed by atoms with E-state index >= 15 is 0 Å². The van der Waals surface area contributed by atoms with Gasteiger partial charge in [0.2, 0.25) is 0 Å². The van der Waals surface area contributed by atoms with E-state index < -0.39 is 0 Å². The second kappa shape index (κ2) is 7.98. The molecule has 0 bridgehead atoms. The minimum absolute atomic E-state index is 0.386. The first-order valence-corrected chi connectivity index (χ1v) is 10.7. The Morgan fingerprint density at radius 1 is 1.00 bits per heavy atom. The summed E-state index contributed by atoms with van der Waals surface area (Å²) < 4.78 is 6.39. The maximum absolute atomic E-state index is 6.39. The first-order chi connectivity index (χ1) is 12.7. The molecule has 140 valence electrons. The quantitative estimate of drug-likeness (QED) is 0.608. The van der Waals surface area contributed by atoms with Crippen molar-refractivity contribution < 1.29 is 4.74 Å². The van der Waals surface area contributed by atoms with E-state index in [1.807, 2.05) is 6.20 Å². The summed E-state index contributed by atoms with van der Waals surface area (Å²) in [6.07, 6.45) is 14.0. The highest BCUT2D eigenvalue weighted by Crippen LogP contribution is 2.34. The molecule has 1 aromatic heterocycles. The van der Waals surface area contributed by atoms with Gasteiger partial charge < -0.3 is 4.74 Å². The van der Waals surface area contributed by atoms with Crippen molar-refractivity contribution in [2.24, 2.45) is 17.8 Å². The highest BCUT2D eigenvalue weighted by Gasteiger charge is 2.24. The minimum Gasteiger partial charge on any atom is -0.490 e. The lowest BCUT2D eigenvalue weighted by Crippen LogP contribution is -2.26. The molecule has 1 aromatic carbocycles. The summed E-state index contributed by atoms with van der Waals surface area (Å²) in [6.45, 7) is 4.71. The Morgan fingerprint density at radius 2 is 1.77 bits per heavy atom. The summed E-state index contributed by atoms with van der Waals surface area (Å²) in [5.41, 5.74) is 1.27. The number of hydrogen-bond donors (Lipinski definition) is 0. The van der Waals surface area contributed by atoms with Gasteiger partial charge in [-0.15, -0.1) is 0 Å². The first kappa shape index (κ1) is 17.8. The minimum atomic E-state index is 0.386. The maximum atomic E-state index is 6.39. The van der Waals surface area contributed by atoms with Crippen molar-refractivity contribution in [3.8, 4) is 5.75 Å². The van der Waals surface area contributed by atoms with Crippen LogP contribution in [-0.2, 0) is 6.42 Å². The van der Waals surface area contributed by atoms with Crippen LogP contribution in [0, 0.1) is 17.8 Å². The van der Waals surface area contributed by atoms with Crippen molar-refractivity contribution >= 4 is 10.8 Å². The molecule has 0 amide bonds. The fourth-order valence-electron chi connectivity index (χ4n) is 5.00. The molecule has 0 atom stereocenters. The fourth-order valence-corrected chi connectivity index (χ4v) is 5.00. The van der Waals surface area contributed by atoms with Crippen LogP contribution < -0.4 is 4.74 Å². The van der Waals surface area contributed by atoms with Crippen LogP contribution in [0.2, 0.25) is 0 Å². The van der Waals surface area contributed by atoms with Gasteiger partial charge in [0.05, 0.1) is 6.10 Å². The molecule has 0 unspecified atom stereocenters. The first-order valence-electron chi connectivity index (χ1n) is 10.7. The molecule has 0 N–H and O–H groups in total. The summed E-state index contributed by atoms with van der Waals surface area (Å²) >= 11 is 0. The molecule has 2 aliphatic rings. The maximum Gasteiger partial charge on any atom is 0.120 e. The predicted molar refractivity (Wildman–Crippen MR) is 109 cm³/mol. The summed E-state index contributed by atoms with van der Waals surface area (Å²) in [4.78, 5) is 4.73. The average Bonchev–Trinajstić information content (AvgIpc) is 3.16. The molecule has 2 heteroatoms. The van der Waals surface area contributed by atoms with Crippen LogP contribution in [0.5, 0.6) is 5.75 Å². The van der Waals surface area contributed by atoms with Gasteiger partial charge >= 0.3 is 0 Å². The van der Waals surface area contributed by atoms with Gasteiger partial charge in [0.1, 0.15) is 5.75 Å². The highest BCUT2D eigenvalue weighted by atomic mass is 16.5. The smallest absolute Gasteiger partial charge is 0.120 e. The molecule has 26 heavy (non-hydrogen) atoms. The number of aromatic nitrogens is 1. The van der Waals surface area contributed by atoms with E-state index in [9.17, 15) is 0 Å². The number of ether oxygens (including phenoxy) is 1. The standard InChI is InChI=1S/C24H33NO/c1-17(2)19-7-10-21(11-8-19)26-22-12-9-20-13-14-25-24(23(20)16-22)15-18-5-3-4-6-18/h9,12-14,16-19,21H,3-8,10-11,15H2,1-2H3. The van der Waals surface area contributed by atoms with Crippen LogP contribution >= 0.6 is 0 Å². The number of nitrogens with zero attached hydrogens (tertiary/aromatic N) is 1. The molecule has 0 aliphatic heterocycles. The monoisotopic (exact) mass is 351 g/mol. The molecular weight excluding hydrogens is 318 g/mol. The zero-order valence-corrected chi connectivity index (χ0v) is 16.4. The van der Waals surface area contributed by atoms with Gasteiger partial charge in [-0.25, -0.2) is 0 Å². The summed E-state index contributed by atoms with van der Waals surface area (Å²) in [5, 5.41) is 2.59. The van der Waals surface area contributed by atoms with Crippen LogP contribution in [0.4, 0.5) is 0 Å². The molecule has 4 rings (SSSR count). The van der Waals surface area contributed by atoms with Crippen molar-refractivity contribution in [3.05, 3.63) is 36.2 Å². The Labute approximate surface area is 158 Å². The van der Waals surface area contributed by atoms with Crippen molar-refractivity contribution in [2.45, 2.75) is 77.7 Å². The Kier molecular flexibility index (Phi) is 5.47. The lowest BCUT2D eigenvalue weighted by molar-refractivity contribution is 0.117. The zero-order valence-electron chi connectivity index (χ0n) is 16.4. The third-order valence-corrected chi connectivity index (χ3v) is 6.74. The van der Waals surface area contributed by atoms with E-state index in [4.69, 9.17) is 9.72 Å². The topological polar surface area (TPSA) is 22.1 Å². The lowest BCUT2D eigenvalue weighted by Gasteiger charge is -2.31. The highest BCUT2D eigenvalue weighted by molar-refractivity contribution is 5.85. The van der Waals surface area contributed by atoms with Crippen LogP contribution in [0.3, 0.4) is 0 Å². The van der Waals surface area contributed by atoms with E-state index in [0.29, 0.717) is 6.10 Å². The second-order valence-electron chi connectivity index (χ2n) is 8.89. The summed E-state index contributed by atoms with van der Waals surface area (Å²) in [6, 6.07) is 8.74. The van der Waals surface area contributed by atoms with Gasteiger partial charge in [-0.3, -0.25) is 4.98 Å². The van der Waals surface area contributed by atoms with Crippen LogP contribution in [0.15, 0.2) is 30.5 Å². The Bertz CT molecular complexity index is 724. The molecule has 0 spiro atoms. The number of hydrogen-bond acceptors (Lipinski definition) is 2. The summed E-state index contributed by atoms with van der Waals surface area (Å²) in [5.74, 6) is 3.55. The molecule has 2 saturated carbocycles. The van der Waals surface area contributed by atoms with Gasteiger partial charge in [0, 0.05) is 17.3 Å². The predicted octanol–water partition coefficient (Wildman–Crippen LogP) is 6.56. The molecule has 0 saturated heterocycles.